The van der Waals surface area contributed by atoms with Crippen molar-refractivity contribution in [3.63, 3.8) is 0 Å². The molecule has 0 fully saturated rings. The van der Waals surface area contributed by atoms with Crippen LogP contribution in [0, 0.1) is 13.8 Å². The molecule has 22 heavy (non-hydrogen) atoms. The van der Waals surface area contributed by atoms with E-state index in [0.717, 1.165) is 4.88 Å². The van der Waals surface area contributed by atoms with Gasteiger partial charge in [-0.25, -0.2) is 9.78 Å². The molecule has 0 radical (unpaired) electrons. The Balaban J connectivity index is 1.94. The Labute approximate surface area is 141 Å². The third kappa shape index (κ3) is 3.97. The number of hydrogen-bond acceptors (Lipinski definition) is 5. The van der Waals surface area contributed by atoms with Gasteiger partial charge in [-0.1, -0.05) is 23.2 Å². The van der Waals surface area contributed by atoms with E-state index in [1.54, 1.807) is 13.0 Å². The molecule has 0 saturated carbocycles. The molecule has 5 nitrogen and oxygen atoms in total. The number of anilines is 1. The van der Waals surface area contributed by atoms with Gasteiger partial charge in [0.05, 0.1) is 10.0 Å². The molecule has 2 aromatic rings. The van der Waals surface area contributed by atoms with Crippen molar-refractivity contribution in [2.45, 2.75) is 13.8 Å². The van der Waals surface area contributed by atoms with Gasteiger partial charge in [0.2, 0.25) is 0 Å². The first-order valence-corrected chi connectivity index (χ1v) is 7.79. The Hall–Kier alpha value is -1.63. The van der Waals surface area contributed by atoms with Crippen LogP contribution in [0.1, 0.15) is 20.1 Å². The first-order chi connectivity index (χ1) is 10.4. The van der Waals surface area contributed by atoms with Crippen molar-refractivity contribution in [3.8, 4) is 0 Å². The second kappa shape index (κ2) is 7.09. The van der Waals surface area contributed by atoms with Gasteiger partial charge in [-0.3, -0.25) is 4.79 Å². The Morgan fingerprint density at radius 2 is 2.05 bits per heavy atom. The van der Waals surface area contributed by atoms with Crippen LogP contribution in [-0.4, -0.2) is 23.5 Å². The summed E-state index contributed by atoms with van der Waals surface area (Å²) in [6, 6.07) is 3.46. The number of aromatic nitrogens is 1. The van der Waals surface area contributed by atoms with Gasteiger partial charge in [-0.2, -0.15) is 0 Å². The number of amides is 1. The lowest BCUT2D eigenvalue weighted by atomic mass is 10.3. The zero-order valence-corrected chi connectivity index (χ0v) is 14.1. The molecule has 0 spiro atoms. The molecule has 0 saturated heterocycles. The van der Waals surface area contributed by atoms with Crippen LogP contribution in [0.5, 0.6) is 0 Å². The number of aryl methyl sites for hydroxylation is 1. The number of halogens is 2. The van der Waals surface area contributed by atoms with E-state index in [4.69, 9.17) is 27.9 Å². The number of thiophene rings is 1. The summed E-state index contributed by atoms with van der Waals surface area (Å²) < 4.78 is 4.93. The van der Waals surface area contributed by atoms with Gasteiger partial charge in [0, 0.05) is 11.1 Å². The van der Waals surface area contributed by atoms with Gasteiger partial charge in [0.15, 0.2) is 12.4 Å². The molecule has 0 aliphatic rings. The van der Waals surface area contributed by atoms with Gasteiger partial charge in [0.25, 0.3) is 5.91 Å². The number of nitrogens with zero attached hydrogens (tertiary/aromatic N) is 1. The van der Waals surface area contributed by atoms with Crippen LogP contribution in [0.2, 0.25) is 10.0 Å². The second-order valence-corrected chi connectivity index (χ2v) is 6.50. The normalized spacial score (nSPS) is 10.4. The molecule has 2 rings (SSSR count). The molecule has 0 atom stereocenters. The smallest absolute Gasteiger partial charge is 0.348 e. The third-order valence-electron chi connectivity index (χ3n) is 2.74. The molecule has 8 heteroatoms. The summed E-state index contributed by atoms with van der Waals surface area (Å²) in [7, 11) is 0. The zero-order chi connectivity index (χ0) is 16.3. The second-order valence-electron chi connectivity index (χ2n) is 4.43. The number of hydrogen-bond donors (Lipinski definition) is 1. The molecule has 0 aliphatic carbocycles. The molecule has 2 aromatic heterocycles. The molecular weight excluding hydrogens is 347 g/mol. The fraction of sp³-hybridized carbons (Fsp3) is 0.214. The predicted octanol–water partition coefficient (Wildman–Crippen LogP) is 3.86. The quantitative estimate of drug-likeness (QED) is 0.842. The lowest BCUT2D eigenvalue weighted by Crippen LogP contribution is -2.21. The number of carbonyl (C=O) groups is 2. The highest BCUT2D eigenvalue weighted by Gasteiger charge is 2.15. The minimum absolute atomic E-state index is 0.177. The van der Waals surface area contributed by atoms with Crippen molar-refractivity contribution in [3.05, 3.63) is 43.7 Å². The average Bonchev–Trinajstić information content (AvgIpc) is 2.92. The summed E-state index contributed by atoms with van der Waals surface area (Å²) in [5, 5.41) is 3.13. The maximum atomic E-state index is 11.8. The molecule has 116 valence electrons. The summed E-state index contributed by atoms with van der Waals surface area (Å²) in [5.41, 5.74) is 0.611. The first-order valence-electron chi connectivity index (χ1n) is 6.22. The minimum Gasteiger partial charge on any atom is -0.451 e. The van der Waals surface area contributed by atoms with Crippen molar-refractivity contribution in [2.75, 3.05) is 11.9 Å². The van der Waals surface area contributed by atoms with Crippen LogP contribution >= 0.6 is 34.5 Å². The van der Waals surface area contributed by atoms with Gasteiger partial charge in [-0.15, -0.1) is 11.3 Å². The van der Waals surface area contributed by atoms with E-state index in [1.807, 2.05) is 13.0 Å². The number of pyridine rings is 1. The molecule has 0 aromatic carbocycles. The molecular formula is C14H12Cl2N2O3S. The monoisotopic (exact) mass is 358 g/mol. The highest BCUT2D eigenvalue weighted by molar-refractivity contribution is 7.13. The van der Waals surface area contributed by atoms with Crippen LogP contribution in [-0.2, 0) is 9.53 Å². The summed E-state index contributed by atoms with van der Waals surface area (Å²) in [5.74, 6) is -0.895. The van der Waals surface area contributed by atoms with Crippen LogP contribution < -0.4 is 5.32 Å². The van der Waals surface area contributed by atoms with Crippen LogP contribution in [0.25, 0.3) is 0 Å². The van der Waals surface area contributed by atoms with E-state index in [9.17, 15) is 9.59 Å². The van der Waals surface area contributed by atoms with Crippen molar-refractivity contribution >= 4 is 52.2 Å². The lowest BCUT2D eigenvalue weighted by molar-refractivity contribution is -0.119. The van der Waals surface area contributed by atoms with Crippen LogP contribution in [0.4, 0.5) is 5.82 Å². The van der Waals surface area contributed by atoms with Crippen LogP contribution in [0.15, 0.2) is 18.3 Å². The molecule has 0 unspecified atom stereocenters. The number of esters is 1. The molecule has 0 bridgehead atoms. The first kappa shape index (κ1) is 16.7. The summed E-state index contributed by atoms with van der Waals surface area (Å²) in [6.45, 7) is 3.17. The molecule has 0 aliphatic heterocycles. The van der Waals surface area contributed by atoms with Crippen LogP contribution in [0.3, 0.4) is 0 Å². The number of rotatable bonds is 4. The summed E-state index contributed by atoms with van der Waals surface area (Å²) >= 11 is 13.2. The van der Waals surface area contributed by atoms with E-state index in [1.165, 1.54) is 17.5 Å². The fourth-order valence-corrected chi connectivity index (χ4v) is 2.71. The Morgan fingerprint density at radius 3 is 2.68 bits per heavy atom. The Morgan fingerprint density at radius 1 is 1.32 bits per heavy atom. The lowest BCUT2D eigenvalue weighted by Gasteiger charge is -2.09. The topological polar surface area (TPSA) is 68.3 Å². The Bertz CT molecular complexity index is 731. The van der Waals surface area contributed by atoms with E-state index in [-0.39, 0.29) is 10.8 Å². The van der Waals surface area contributed by atoms with Gasteiger partial charge in [-0.05, 0) is 31.5 Å². The molecule has 1 N–H and O–H groups in total. The standard InChI is InChI=1S/C14H12Cl2N2O3S/c1-7-3-4-10(22-7)14(20)21-6-11(19)18-13-12(16)8(2)9(15)5-17-13/h3-5H,6H2,1-2H3,(H,17,18,19). The minimum atomic E-state index is -0.542. The SMILES string of the molecule is Cc1ccc(C(=O)OCC(=O)Nc2ncc(Cl)c(C)c2Cl)s1. The number of nitrogens with one attached hydrogen (secondary N) is 1. The van der Waals surface area contributed by atoms with E-state index >= 15 is 0 Å². The number of carbonyl (C=O) groups excluding carboxylic acids is 2. The van der Waals surface area contributed by atoms with Gasteiger partial charge in [0.1, 0.15) is 4.88 Å². The highest BCUT2D eigenvalue weighted by Crippen LogP contribution is 2.28. The average molecular weight is 359 g/mol. The van der Waals surface area contributed by atoms with Crippen molar-refractivity contribution in [1.29, 1.82) is 0 Å². The molecule has 2 heterocycles. The third-order valence-corrected chi connectivity index (χ3v) is 4.56. The Kier molecular flexibility index (Phi) is 5.39. The van der Waals surface area contributed by atoms with Crippen molar-refractivity contribution in [1.82, 2.24) is 4.98 Å². The summed E-state index contributed by atoms with van der Waals surface area (Å²) in [4.78, 5) is 28.9. The van der Waals surface area contributed by atoms with Gasteiger partial charge >= 0.3 is 5.97 Å². The largest absolute Gasteiger partial charge is 0.451 e. The fourth-order valence-electron chi connectivity index (χ4n) is 1.56. The summed E-state index contributed by atoms with van der Waals surface area (Å²) in [6.07, 6.45) is 1.39. The van der Waals surface area contributed by atoms with Crippen molar-refractivity contribution < 1.29 is 14.3 Å². The highest BCUT2D eigenvalue weighted by atomic mass is 35.5. The van der Waals surface area contributed by atoms with Gasteiger partial charge < -0.3 is 10.1 Å². The van der Waals surface area contributed by atoms with Crippen molar-refractivity contribution in [2.24, 2.45) is 0 Å². The predicted molar refractivity (Wildman–Crippen MR) is 87.0 cm³/mol. The number of ether oxygens (including phenoxy) is 1. The maximum absolute atomic E-state index is 11.8. The van der Waals surface area contributed by atoms with E-state index in [0.29, 0.717) is 15.5 Å². The zero-order valence-electron chi connectivity index (χ0n) is 11.8. The molecule has 1 amide bonds. The van der Waals surface area contributed by atoms with E-state index in [2.05, 4.69) is 10.3 Å². The van der Waals surface area contributed by atoms with E-state index < -0.39 is 18.5 Å². The maximum Gasteiger partial charge on any atom is 0.348 e.